The highest BCUT2D eigenvalue weighted by atomic mass is 19.4. The first-order valence-electron chi connectivity index (χ1n) is 45.2. The average Bonchev–Trinajstić information content (AvgIpc) is 1.71. The third-order valence-corrected chi connectivity index (χ3v) is 28.2. The summed E-state index contributed by atoms with van der Waals surface area (Å²) in [7, 11) is 0. The predicted molar refractivity (Wildman–Crippen MR) is 442 cm³/mol. The number of hydrogen-bond donors (Lipinski definition) is 8. The Labute approximate surface area is 678 Å². The molecule has 8 N–H and O–H groups in total. The Morgan fingerprint density at radius 1 is 0.295 bits per heavy atom. The Morgan fingerprint density at radius 2 is 0.589 bits per heavy atom. The lowest BCUT2D eigenvalue weighted by Crippen LogP contribution is -2.49. The molecule has 0 aromatic rings. The molecule has 670 valence electrons. The summed E-state index contributed by atoms with van der Waals surface area (Å²) < 4.78 is 117. The second-order valence-electron chi connectivity index (χ2n) is 41.4. The van der Waals surface area contributed by atoms with Gasteiger partial charge in [0.15, 0.2) is 16.8 Å². The van der Waals surface area contributed by atoms with E-state index in [9.17, 15) is 85.2 Å². The number of hydrogen-bond acceptors (Lipinski definition) is 10. The van der Waals surface area contributed by atoms with Gasteiger partial charge in [-0.3, -0.25) is 4.79 Å². The fourth-order valence-electron chi connectivity index (χ4n) is 18.4. The van der Waals surface area contributed by atoms with Gasteiger partial charge in [-0.2, -0.15) is 39.5 Å². The molecule has 9 saturated carbocycles. The second-order valence-corrected chi connectivity index (χ2v) is 41.4. The van der Waals surface area contributed by atoms with Gasteiger partial charge in [0.05, 0.1) is 29.0 Å². The number of ketones is 1. The van der Waals surface area contributed by atoms with Crippen molar-refractivity contribution in [3.63, 3.8) is 0 Å². The highest BCUT2D eigenvalue weighted by Crippen LogP contribution is 2.50. The molecule has 11 unspecified atom stereocenters. The van der Waals surface area contributed by atoms with Crippen LogP contribution in [0.25, 0.3) is 0 Å². The standard InChI is InChI=1S/2C10H17F3O.2C10H20O.C9H15F3O.2C9H18O.C9H16O.C9H18O.C8H16O/c1-7(2)8-3-5-9(14,6-4-8)10(11,12)13;1-7(2)8-4-3-5-9(14,6-8)10(11,12)13;1-8(2)9-4-6-10(3,11)7-5-9;1-8(2)9-5-4-6-10(3,11)7-9;1-6(2)7-3-4-8(13,5-7)9(10,11)12;1-7(2)8-4-5-9(3,10)6-8;2*1-7(2)8-3-5-9(10)6-4-8;1-7(2)8-4-3-5-9(10)6-8;1-7(2)8-4-3-5-9-6-8/h2*7-8,14H,3-6H2,1-2H3;2*8-9,11H,4-7H2,1-3H3;6-7,13H,3-5H2,1-2H3;7-8,10H,4-6H2,1-3H3;7-10H,3-6H2,1-2H3;7-8H,3-6H2,1-2H3;7-10H,3-6H2,1-2H3;7-8H,3-6H2,1-2H3. The number of rotatable bonds is 10. The predicted octanol–water partition coefficient (Wildman–Crippen LogP) is 25.2. The second kappa shape index (κ2) is 50.2. The van der Waals surface area contributed by atoms with Crippen LogP contribution in [0, 0.1) is 118 Å². The molecule has 10 nitrogen and oxygen atoms in total. The minimum Gasteiger partial charge on any atom is -0.393 e. The van der Waals surface area contributed by atoms with E-state index in [4.69, 9.17) is 4.74 Å². The van der Waals surface area contributed by atoms with Gasteiger partial charge in [-0.25, -0.2) is 0 Å². The van der Waals surface area contributed by atoms with E-state index < -0.39 is 35.3 Å². The quantitative estimate of drug-likeness (QED) is 0.0978. The molecule has 9 aliphatic carbocycles. The van der Waals surface area contributed by atoms with Crippen LogP contribution in [0.5, 0.6) is 0 Å². The molecule has 0 aromatic heterocycles. The van der Waals surface area contributed by atoms with Crippen molar-refractivity contribution in [1.82, 2.24) is 0 Å². The summed E-state index contributed by atoms with van der Waals surface area (Å²) in [6.07, 6.45) is 16.4. The van der Waals surface area contributed by atoms with Crippen molar-refractivity contribution in [2.24, 2.45) is 118 Å². The average molecular weight is 1620 g/mol. The first-order valence-corrected chi connectivity index (χ1v) is 45.2. The van der Waals surface area contributed by atoms with Gasteiger partial charge in [-0.05, 0) is 338 Å². The molecule has 10 fully saturated rings. The van der Waals surface area contributed by atoms with E-state index in [1.807, 2.05) is 62.3 Å². The molecule has 10 aliphatic rings. The van der Waals surface area contributed by atoms with Crippen molar-refractivity contribution in [3.8, 4) is 0 Å². The van der Waals surface area contributed by atoms with Crippen molar-refractivity contribution >= 4 is 5.78 Å². The maximum atomic E-state index is 12.5. The summed E-state index contributed by atoms with van der Waals surface area (Å²) in [4.78, 5) is 10.8. The lowest BCUT2D eigenvalue weighted by molar-refractivity contribution is -0.275. The first-order chi connectivity index (χ1) is 51.2. The minimum atomic E-state index is -4.47. The maximum absolute atomic E-state index is 12.5. The summed E-state index contributed by atoms with van der Waals surface area (Å²) in [6, 6.07) is 0. The number of alkyl halides is 9. The molecule has 1 heterocycles. The van der Waals surface area contributed by atoms with Crippen LogP contribution in [0.15, 0.2) is 0 Å². The van der Waals surface area contributed by atoms with Crippen molar-refractivity contribution < 1.29 is 89.9 Å². The zero-order valence-corrected chi connectivity index (χ0v) is 75.4. The largest absolute Gasteiger partial charge is 0.417 e. The summed E-state index contributed by atoms with van der Waals surface area (Å²) >= 11 is 0. The Kier molecular flexibility index (Phi) is 48.7. The molecule has 1 saturated heterocycles. The Balaban J connectivity index is 0.000000624. The van der Waals surface area contributed by atoms with E-state index in [0.717, 1.165) is 192 Å². The molecule has 0 aromatic carbocycles. The number of Topliss-reactive ketones (excluding diaryl/α,β-unsaturated/α-hetero) is 1. The Hall–Kier alpha value is -1.32. The normalized spacial score (nSPS) is 34.8. The van der Waals surface area contributed by atoms with Gasteiger partial charge in [-0.1, -0.05) is 158 Å². The van der Waals surface area contributed by atoms with E-state index >= 15 is 0 Å². The topological polar surface area (TPSA) is 188 Å². The number of carbonyl (C=O) groups is 1. The van der Waals surface area contributed by atoms with Gasteiger partial charge >= 0.3 is 18.5 Å². The third kappa shape index (κ3) is 41.8. The summed E-state index contributed by atoms with van der Waals surface area (Å²) in [5.41, 5.74) is -8.34. The zero-order chi connectivity index (χ0) is 86.4. The minimum absolute atomic E-state index is 0.00106. The van der Waals surface area contributed by atoms with E-state index in [0.29, 0.717) is 43.3 Å². The zero-order valence-electron chi connectivity index (χ0n) is 75.4. The first kappa shape index (κ1) is 109. The third-order valence-electron chi connectivity index (χ3n) is 28.2. The van der Waals surface area contributed by atoms with Crippen LogP contribution in [0.1, 0.15) is 390 Å². The Bertz CT molecular complexity index is 2410. The summed E-state index contributed by atoms with van der Waals surface area (Å²) in [5, 5.41) is 75.8. The van der Waals surface area contributed by atoms with Gasteiger partial charge in [-0.15, -0.1) is 0 Å². The van der Waals surface area contributed by atoms with Crippen molar-refractivity contribution in [3.05, 3.63) is 0 Å². The fraction of sp³-hybridized carbons (Fsp3) is 0.989. The van der Waals surface area contributed by atoms with Crippen LogP contribution in [-0.4, -0.2) is 124 Å². The van der Waals surface area contributed by atoms with Crippen LogP contribution in [0.2, 0.25) is 0 Å². The van der Waals surface area contributed by atoms with Gasteiger partial charge in [0, 0.05) is 26.1 Å². The number of aliphatic hydroxyl groups excluding tert-OH is 2. The molecule has 1 aliphatic heterocycles. The Morgan fingerprint density at radius 3 is 0.902 bits per heavy atom. The lowest BCUT2D eigenvalue weighted by atomic mass is 9.73. The number of carbonyl (C=O) groups excluding carboxylic acids is 1. The van der Waals surface area contributed by atoms with Crippen LogP contribution in [0.3, 0.4) is 0 Å². The molecule has 0 spiro atoms. The molecule has 0 bridgehead atoms. The van der Waals surface area contributed by atoms with E-state index in [1.54, 1.807) is 0 Å². The van der Waals surface area contributed by atoms with Crippen LogP contribution < -0.4 is 0 Å². The molecule has 10 rings (SSSR count). The van der Waals surface area contributed by atoms with Crippen LogP contribution in [0.4, 0.5) is 39.5 Å². The van der Waals surface area contributed by atoms with Gasteiger partial charge in [0.2, 0.25) is 0 Å². The van der Waals surface area contributed by atoms with Crippen LogP contribution >= 0.6 is 0 Å². The molecule has 0 amide bonds. The molecular weight excluding hydrogens is 1450 g/mol. The van der Waals surface area contributed by atoms with Gasteiger partial charge in [0.1, 0.15) is 5.78 Å². The van der Waals surface area contributed by atoms with Gasteiger partial charge < -0.3 is 45.6 Å². The van der Waals surface area contributed by atoms with Gasteiger partial charge in [0.25, 0.3) is 0 Å². The van der Waals surface area contributed by atoms with E-state index in [-0.39, 0.29) is 91.2 Å². The summed E-state index contributed by atoms with van der Waals surface area (Å²) in [6.45, 7) is 51.2. The highest BCUT2D eigenvalue weighted by molar-refractivity contribution is 5.79. The van der Waals surface area contributed by atoms with Crippen molar-refractivity contribution in [2.75, 3.05) is 13.2 Å². The number of aliphatic hydroxyl groups is 8. The highest BCUT2D eigenvalue weighted by Gasteiger charge is 2.58. The van der Waals surface area contributed by atoms with Crippen LogP contribution in [-0.2, 0) is 9.53 Å². The molecule has 112 heavy (non-hydrogen) atoms. The monoisotopic (exact) mass is 1620 g/mol. The van der Waals surface area contributed by atoms with E-state index in [1.165, 1.54) is 70.6 Å². The maximum Gasteiger partial charge on any atom is 0.417 e. The fourth-order valence-corrected chi connectivity index (χ4v) is 18.4. The lowest BCUT2D eigenvalue weighted by Gasteiger charge is -2.39. The number of ether oxygens (including phenoxy) is 1. The SMILES string of the molecule is CC(C)C1CCC(=O)CC1.CC(C)C1CCC(C)(O)C1.CC(C)C1CCC(C)(O)CC1.CC(C)C1CCC(O)(C(F)(F)F)C1.CC(C)C1CCC(O)(C(F)(F)F)CC1.CC(C)C1CCC(O)CC1.CC(C)C1CCCC(C)(O)C1.CC(C)C1CCCC(O)(C(F)(F)F)C1.CC(C)C1CCCC(O)C1.CC(C)C1CCCOC1. The molecule has 19 heteroatoms. The van der Waals surface area contributed by atoms with Crippen molar-refractivity contribution in [2.45, 2.75) is 455 Å². The molecule has 11 atom stereocenters. The van der Waals surface area contributed by atoms with E-state index in [2.05, 4.69) is 96.9 Å². The molecular formula is C93H175F9O10. The summed E-state index contributed by atoms with van der Waals surface area (Å²) in [5.74, 6) is 12.8. The van der Waals surface area contributed by atoms with Crippen molar-refractivity contribution in [1.29, 1.82) is 0 Å². The number of halogens is 9. The smallest absolute Gasteiger partial charge is 0.393 e. The molecule has 0 radical (unpaired) electrons.